The molecule has 0 fully saturated rings. The number of benzene rings is 1. The average Bonchev–Trinajstić information content (AvgIpc) is 2.22. The Balaban J connectivity index is 2.77. The molecule has 1 unspecified atom stereocenters. The molecule has 0 saturated carbocycles. The second-order valence-electron chi connectivity index (χ2n) is 3.31. The van der Waals surface area contributed by atoms with Crippen LogP contribution in [0.15, 0.2) is 18.2 Å². The molecule has 88 valence electrons. The lowest BCUT2D eigenvalue weighted by Gasteiger charge is -2.14. The van der Waals surface area contributed by atoms with Crippen molar-refractivity contribution in [2.24, 2.45) is 0 Å². The van der Waals surface area contributed by atoms with Crippen LogP contribution in [0.5, 0.6) is 5.75 Å². The SMILES string of the molecule is CCCC(Oc1ccc(Cl)c(F)c1)C(=O)O. The van der Waals surface area contributed by atoms with Gasteiger partial charge in [-0.15, -0.1) is 0 Å². The summed E-state index contributed by atoms with van der Waals surface area (Å²) in [5.41, 5.74) is 0. The minimum Gasteiger partial charge on any atom is -0.479 e. The monoisotopic (exact) mass is 246 g/mol. The van der Waals surface area contributed by atoms with Gasteiger partial charge in [0, 0.05) is 6.07 Å². The molecule has 0 bridgehead atoms. The van der Waals surface area contributed by atoms with E-state index >= 15 is 0 Å². The number of hydrogen-bond donors (Lipinski definition) is 1. The molecule has 1 rings (SSSR count). The van der Waals surface area contributed by atoms with Crippen LogP contribution in [0.1, 0.15) is 19.8 Å². The molecule has 5 heteroatoms. The third-order valence-corrected chi connectivity index (χ3v) is 2.30. The molecule has 0 radical (unpaired) electrons. The van der Waals surface area contributed by atoms with Crippen LogP contribution in [-0.4, -0.2) is 17.2 Å². The second kappa shape index (κ2) is 5.70. The first-order chi connectivity index (χ1) is 7.54. The molecule has 0 spiro atoms. The third kappa shape index (κ3) is 3.38. The number of aliphatic carboxylic acids is 1. The highest BCUT2D eigenvalue weighted by molar-refractivity contribution is 6.30. The molecule has 0 aliphatic carbocycles. The topological polar surface area (TPSA) is 46.5 Å². The minimum atomic E-state index is -1.06. The first kappa shape index (κ1) is 12.8. The molecule has 16 heavy (non-hydrogen) atoms. The first-order valence-electron chi connectivity index (χ1n) is 4.89. The van der Waals surface area contributed by atoms with Crippen molar-refractivity contribution >= 4 is 17.6 Å². The number of carbonyl (C=O) groups is 1. The van der Waals surface area contributed by atoms with Gasteiger partial charge >= 0.3 is 5.97 Å². The molecule has 0 aliphatic heterocycles. The predicted molar refractivity (Wildman–Crippen MR) is 58.4 cm³/mol. The Morgan fingerprint density at radius 1 is 1.62 bits per heavy atom. The van der Waals surface area contributed by atoms with Gasteiger partial charge < -0.3 is 9.84 Å². The van der Waals surface area contributed by atoms with E-state index in [0.717, 1.165) is 6.07 Å². The lowest BCUT2D eigenvalue weighted by atomic mass is 10.2. The molecular formula is C11H12ClFO3. The van der Waals surface area contributed by atoms with Gasteiger partial charge in [-0.3, -0.25) is 0 Å². The molecule has 1 atom stereocenters. The number of halogens is 2. The Kier molecular flexibility index (Phi) is 4.55. The third-order valence-electron chi connectivity index (χ3n) is 2.00. The predicted octanol–water partition coefficient (Wildman–Crippen LogP) is 3.11. The summed E-state index contributed by atoms with van der Waals surface area (Å²) >= 11 is 5.49. The van der Waals surface area contributed by atoms with Gasteiger partial charge in [-0.05, 0) is 18.6 Å². The molecule has 3 nitrogen and oxygen atoms in total. The van der Waals surface area contributed by atoms with Gasteiger partial charge in [0.1, 0.15) is 11.6 Å². The number of carboxylic acids is 1. The Hall–Kier alpha value is -1.29. The molecule has 1 aromatic carbocycles. The molecule has 0 aliphatic rings. The van der Waals surface area contributed by atoms with E-state index in [1.165, 1.54) is 12.1 Å². The summed E-state index contributed by atoms with van der Waals surface area (Å²) in [6.45, 7) is 1.85. The van der Waals surface area contributed by atoms with Crippen LogP contribution >= 0.6 is 11.6 Å². The van der Waals surface area contributed by atoms with Crippen molar-refractivity contribution in [2.75, 3.05) is 0 Å². The Bertz CT molecular complexity index is 381. The highest BCUT2D eigenvalue weighted by atomic mass is 35.5. The van der Waals surface area contributed by atoms with Gasteiger partial charge in [-0.1, -0.05) is 24.9 Å². The largest absolute Gasteiger partial charge is 0.479 e. The van der Waals surface area contributed by atoms with Gasteiger partial charge in [-0.2, -0.15) is 0 Å². The fraction of sp³-hybridized carbons (Fsp3) is 0.364. The molecule has 1 N–H and O–H groups in total. The van der Waals surface area contributed by atoms with Crippen molar-refractivity contribution in [2.45, 2.75) is 25.9 Å². The molecule has 0 aromatic heterocycles. The standard InChI is InChI=1S/C11H12ClFO3/c1-2-3-10(11(14)15)16-7-4-5-8(12)9(13)6-7/h4-6,10H,2-3H2,1H3,(H,14,15). The smallest absolute Gasteiger partial charge is 0.344 e. The van der Waals surface area contributed by atoms with Crippen LogP contribution in [0.25, 0.3) is 0 Å². The van der Waals surface area contributed by atoms with Crippen LogP contribution in [-0.2, 0) is 4.79 Å². The quantitative estimate of drug-likeness (QED) is 0.868. The second-order valence-corrected chi connectivity index (χ2v) is 3.72. The first-order valence-corrected chi connectivity index (χ1v) is 5.27. The zero-order valence-corrected chi connectivity index (χ0v) is 9.50. The fourth-order valence-corrected chi connectivity index (χ4v) is 1.33. The van der Waals surface area contributed by atoms with Crippen molar-refractivity contribution in [3.63, 3.8) is 0 Å². The maximum Gasteiger partial charge on any atom is 0.344 e. The summed E-state index contributed by atoms with van der Waals surface area (Å²) in [5, 5.41) is 8.83. The fourth-order valence-electron chi connectivity index (χ4n) is 1.21. The summed E-state index contributed by atoms with van der Waals surface area (Å²) in [5.74, 6) is -1.51. The summed E-state index contributed by atoms with van der Waals surface area (Å²) in [6, 6.07) is 3.85. The Morgan fingerprint density at radius 2 is 2.31 bits per heavy atom. The van der Waals surface area contributed by atoms with Crippen LogP contribution in [0.4, 0.5) is 4.39 Å². The van der Waals surface area contributed by atoms with Gasteiger partial charge in [0.2, 0.25) is 0 Å². The van der Waals surface area contributed by atoms with Crippen LogP contribution < -0.4 is 4.74 Å². The number of carboxylic acid groups (broad SMARTS) is 1. The van der Waals surface area contributed by atoms with E-state index in [0.29, 0.717) is 12.8 Å². The summed E-state index contributed by atoms with van der Waals surface area (Å²) in [7, 11) is 0. The summed E-state index contributed by atoms with van der Waals surface area (Å²) < 4.78 is 18.2. The highest BCUT2D eigenvalue weighted by Crippen LogP contribution is 2.22. The van der Waals surface area contributed by atoms with E-state index < -0.39 is 17.9 Å². The zero-order chi connectivity index (χ0) is 12.1. The van der Waals surface area contributed by atoms with Crippen LogP contribution in [0, 0.1) is 5.82 Å². The van der Waals surface area contributed by atoms with Crippen LogP contribution in [0.2, 0.25) is 5.02 Å². The van der Waals surface area contributed by atoms with Crippen molar-refractivity contribution in [1.82, 2.24) is 0 Å². The van der Waals surface area contributed by atoms with Crippen LogP contribution in [0.3, 0.4) is 0 Å². The number of ether oxygens (including phenoxy) is 1. The van der Waals surface area contributed by atoms with E-state index in [-0.39, 0.29) is 10.8 Å². The summed E-state index contributed by atoms with van der Waals surface area (Å²) in [6.07, 6.45) is 0.0951. The highest BCUT2D eigenvalue weighted by Gasteiger charge is 2.18. The molecule has 0 saturated heterocycles. The Morgan fingerprint density at radius 3 is 2.81 bits per heavy atom. The van der Waals surface area contributed by atoms with E-state index in [4.69, 9.17) is 21.4 Å². The number of rotatable bonds is 5. The minimum absolute atomic E-state index is 0.0188. The van der Waals surface area contributed by atoms with Crippen molar-refractivity contribution in [3.8, 4) is 5.75 Å². The van der Waals surface area contributed by atoms with Crippen molar-refractivity contribution < 1.29 is 19.0 Å². The Labute approximate surface area is 97.8 Å². The van der Waals surface area contributed by atoms with Gasteiger partial charge in [0.25, 0.3) is 0 Å². The van der Waals surface area contributed by atoms with Gasteiger partial charge in [0.05, 0.1) is 5.02 Å². The van der Waals surface area contributed by atoms with E-state index in [2.05, 4.69) is 0 Å². The van der Waals surface area contributed by atoms with E-state index in [9.17, 15) is 9.18 Å². The average molecular weight is 247 g/mol. The van der Waals surface area contributed by atoms with Crippen molar-refractivity contribution in [3.05, 3.63) is 29.0 Å². The lowest BCUT2D eigenvalue weighted by molar-refractivity contribution is -0.145. The van der Waals surface area contributed by atoms with Gasteiger partial charge in [0.15, 0.2) is 6.10 Å². The normalized spacial score (nSPS) is 12.2. The van der Waals surface area contributed by atoms with E-state index in [1.807, 2.05) is 6.92 Å². The van der Waals surface area contributed by atoms with Crippen molar-refractivity contribution in [1.29, 1.82) is 0 Å². The maximum absolute atomic E-state index is 13.1. The zero-order valence-electron chi connectivity index (χ0n) is 8.74. The molecule has 0 heterocycles. The lowest BCUT2D eigenvalue weighted by Crippen LogP contribution is -2.26. The molecule has 1 aromatic rings. The van der Waals surface area contributed by atoms with E-state index in [1.54, 1.807) is 0 Å². The molecular weight excluding hydrogens is 235 g/mol. The molecule has 0 amide bonds. The van der Waals surface area contributed by atoms with Gasteiger partial charge in [-0.25, -0.2) is 9.18 Å². The summed E-state index contributed by atoms with van der Waals surface area (Å²) in [4.78, 5) is 10.8. The maximum atomic E-state index is 13.1. The number of hydrogen-bond acceptors (Lipinski definition) is 2.